The molecule has 4 rings (SSSR count). The van der Waals surface area contributed by atoms with E-state index in [4.69, 9.17) is 0 Å². The Balaban J connectivity index is 1.37. The second-order valence-corrected chi connectivity index (χ2v) is 8.75. The van der Waals surface area contributed by atoms with Crippen molar-refractivity contribution in [3.05, 3.63) is 102 Å². The van der Waals surface area contributed by atoms with E-state index in [0.717, 1.165) is 32.5 Å². The molecule has 0 aromatic heterocycles. The number of benzene rings is 4. The van der Waals surface area contributed by atoms with Crippen LogP contribution in [-0.2, 0) is 4.79 Å². The van der Waals surface area contributed by atoms with Gasteiger partial charge in [-0.2, -0.15) is 0 Å². The van der Waals surface area contributed by atoms with Crippen molar-refractivity contribution in [2.45, 2.75) is 18.7 Å². The molecule has 4 nitrogen and oxygen atoms in total. The lowest BCUT2D eigenvalue weighted by molar-refractivity contribution is -0.113. The van der Waals surface area contributed by atoms with Crippen LogP contribution in [0.1, 0.15) is 21.5 Å². The van der Waals surface area contributed by atoms with Gasteiger partial charge >= 0.3 is 0 Å². The van der Waals surface area contributed by atoms with E-state index in [9.17, 15) is 9.59 Å². The fraction of sp³-hybridized carbons (Fsp3) is 0.111. The lowest BCUT2D eigenvalue weighted by Crippen LogP contribution is -2.15. The lowest BCUT2D eigenvalue weighted by atomic mass is 10.1. The predicted molar refractivity (Wildman–Crippen MR) is 134 cm³/mol. The lowest BCUT2D eigenvalue weighted by Gasteiger charge is -2.10. The van der Waals surface area contributed by atoms with Gasteiger partial charge in [0.1, 0.15) is 0 Å². The Morgan fingerprint density at radius 1 is 0.781 bits per heavy atom. The van der Waals surface area contributed by atoms with Crippen LogP contribution in [0.2, 0.25) is 0 Å². The highest BCUT2D eigenvalue weighted by molar-refractivity contribution is 8.00. The number of carbonyl (C=O) groups excluding carboxylic acids is 2. The number of anilines is 2. The predicted octanol–water partition coefficient (Wildman–Crippen LogP) is 6.44. The van der Waals surface area contributed by atoms with Crippen LogP contribution in [-0.4, -0.2) is 17.6 Å². The molecule has 0 aliphatic rings. The van der Waals surface area contributed by atoms with Gasteiger partial charge in [0.05, 0.1) is 5.75 Å². The minimum atomic E-state index is -0.162. The standard InChI is InChI=1S/C27H24N2O2S/c1-18-10-13-25(19(2)14-18)29-26(30)17-32-24-9-5-8-23(16-24)28-27(31)22-12-11-20-6-3-4-7-21(20)15-22/h3-16H,17H2,1-2H3,(H,28,31)(H,29,30). The van der Waals surface area contributed by atoms with Crippen LogP contribution in [0.25, 0.3) is 10.8 Å². The number of fused-ring (bicyclic) bond motifs is 1. The average Bonchev–Trinajstić information content (AvgIpc) is 2.79. The Morgan fingerprint density at radius 2 is 1.59 bits per heavy atom. The summed E-state index contributed by atoms with van der Waals surface area (Å²) in [5.41, 5.74) is 4.34. The fourth-order valence-electron chi connectivity index (χ4n) is 3.49. The molecule has 32 heavy (non-hydrogen) atoms. The molecule has 0 spiro atoms. The van der Waals surface area contributed by atoms with Crippen molar-refractivity contribution in [3.8, 4) is 0 Å². The number of aryl methyl sites for hydroxylation is 2. The van der Waals surface area contributed by atoms with Gasteiger partial charge in [-0.15, -0.1) is 11.8 Å². The van der Waals surface area contributed by atoms with E-state index in [1.54, 1.807) is 0 Å². The summed E-state index contributed by atoms with van der Waals surface area (Å²) in [6.45, 7) is 4.01. The molecule has 2 N–H and O–H groups in total. The van der Waals surface area contributed by atoms with Crippen LogP contribution in [0.15, 0.2) is 89.8 Å². The SMILES string of the molecule is Cc1ccc(NC(=O)CSc2cccc(NC(=O)c3ccc4ccccc4c3)c2)c(C)c1. The maximum absolute atomic E-state index is 12.7. The third-order valence-electron chi connectivity index (χ3n) is 5.13. The van der Waals surface area contributed by atoms with Gasteiger partial charge in [0, 0.05) is 21.8 Å². The van der Waals surface area contributed by atoms with E-state index in [1.807, 2.05) is 98.8 Å². The van der Waals surface area contributed by atoms with Crippen molar-refractivity contribution >= 4 is 45.7 Å². The number of hydrogen-bond donors (Lipinski definition) is 2. The Morgan fingerprint density at radius 3 is 2.41 bits per heavy atom. The minimum Gasteiger partial charge on any atom is -0.325 e. The Kier molecular flexibility index (Phi) is 6.57. The van der Waals surface area contributed by atoms with Crippen LogP contribution in [0, 0.1) is 13.8 Å². The Labute approximate surface area is 192 Å². The molecular formula is C27H24N2O2S. The van der Waals surface area contributed by atoms with Crippen molar-refractivity contribution in [3.63, 3.8) is 0 Å². The molecule has 4 aromatic rings. The monoisotopic (exact) mass is 440 g/mol. The Bertz CT molecular complexity index is 1300. The molecule has 0 bridgehead atoms. The number of rotatable bonds is 6. The second kappa shape index (κ2) is 9.71. The molecule has 5 heteroatoms. The van der Waals surface area contributed by atoms with E-state index < -0.39 is 0 Å². The van der Waals surface area contributed by atoms with Gasteiger partial charge in [-0.25, -0.2) is 0 Å². The normalized spacial score (nSPS) is 10.7. The first kappa shape index (κ1) is 21.7. The molecule has 2 amide bonds. The van der Waals surface area contributed by atoms with Crippen molar-refractivity contribution < 1.29 is 9.59 Å². The fourth-order valence-corrected chi connectivity index (χ4v) is 4.24. The molecule has 0 radical (unpaired) electrons. The molecule has 0 unspecified atom stereocenters. The summed E-state index contributed by atoms with van der Waals surface area (Å²) in [5.74, 6) is 0.0631. The zero-order valence-corrected chi connectivity index (χ0v) is 18.8. The Hall–Kier alpha value is -3.57. The number of hydrogen-bond acceptors (Lipinski definition) is 3. The van der Waals surface area contributed by atoms with Gasteiger partial charge < -0.3 is 10.6 Å². The average molecular weight is 441 g/mol. The van der Waals surface area contributed by atoms with Gasteiger partial charge in [0.25, 0.3) is 5.91 Å². The largest absolute Gasteiger partial charge is 0.325 e. The van der Waals surface area contributed by atoms with Crippen molar-refractivity contribution in [1.82, 2.24) is 0 Å². The topological polar surface area (TPSA) is 58.2 Å². The third kappa shape index (κ3) is 5.37. The first-order valence-corrected chi connectivity index (χ1v) is 11.4. The smallest absolute Gasteiger partial charge is 0.255 e. The van der Waals surface area contributed by atoms with E-state index in [-0.39, 0.29) is 17.6 Å². The molecule has 0 aliphatic heterocycles. The van der Waals surface area contributed by atoms with Gasteiger partial charge in [0.2, 0.25) is 5.91 Å². The number of amides is 2. The van der Waals surface area contributed by atoms with E-state index >= 15 is 0 Å². The van der Waals surface area contributed by atoms with E-state index in [2.05, 4.69) is 10.6 Å². The van der Waals surface area contributed by atoms with E-state index in [0.29, 0.717) is 11.3 Å². The van der Waals surface area contributed by atoms with Gasteiger partial charge in [-0.3, -0.25) is 9.59 Å². The van der Waals surface area contributed by atoms with Gasteiger partial charge in [-0.05, 0) is 66.6 Å². The van der Waals surface area contributed by atoms with Gasteiger partial charge in [-0.1, -0.05) is 54.1 Å². The summed E-state index contributed by atoms with van der Waals surface area (Å²) in [4.78, 5) is 26.0. The number of thioether (sulfide) groups is 1. The maximum Gasteiger partial charge on any atom is 0.255 e. The quantitative estimate of drug-likeness (QED) is 0.339. The molecule has 0 saturated heterocycles. The highest BCUT2D eigenvalue weighted by Gasteiger charge is 2.09. The molecule has 4 aromatic carbocycles. The highest BCUT2D eigenvalue weighted by Crippen LogP contribution is 2.24. The summed E-state index contributed by atoms with van der Waals surface area (Å²) in [5, 5.41) is 8.04. The van der Waals surface area contributed by atoms with Crippen molar-refractivity contribution in [1.29, 1.82) is 0 Å². The van der Waals surface area contributed by atoms with Crippen molar-refractivity contribution in [2.24, 2.45) is 0 Å². The van der Waals surface area contributed by atoms with Gasteiger partial charge in [0.15, 0.2) is 0 Å². The molecule has 0 heterocycles. The van der Waals surface area contributed by atoms with Crippen molar-refractivity contribution in [2.75, 3.05) is 16.4 Å². The van der Waals surface area contributed by atoms with E-state index in [1.165, 1.54) is 11.8 Å². The van der Waals surface area contributed by atoms with Crippen LogP contribution in [0.5, 0.6) is 0 Å². The van der Waals surface area contributed by atoms with Crippen LogP contribution in [0.4, 0.5) is 11.4 Å². The first-order chi connectivity index (χ1) is 15.5. The first-order valence-electron chi connectivity index (χ1n) is 10.4. The minimum absolute atomic E-state index is 0.0624. The van der Waals surface area contributed by atoms with Crippen LogP contribution >= 0.6 is 11.8 Å². The molecular weight excluding hydrogens is 416 g/mol. The van der Waals surface area contributed by atoms with Crippen LogP contribution < -0.4 is 10.6 Å². The zero-order chi connectivity index (χ0) is 22.5. The molecule has 0 atom stereocenters. The zero-order valence-electron chi connectivity index (χ0n) is 18.0. The number of nitrogens with one attached hydrogen (secondary N) is 2. The number of carbonyl (C=O) groups is 2. The summed E-state index contributed by atoms with van der Waals surface area (Å²) in [6.07, 6.45) is 0. The summed E-state index contributed by atoms with van der Waals surface area (Å²) >= 11 is 1.43. The third-order valence-corrected chi connectivity index (χ3v) is 6.12. The van der Waals surface area contributed by atoms with Crippen LogP contribution in [0.3, 0.4) is 0 Å². The molecule has 160 valence electrons. The molecule has 0 fully saturated rings. The molecule has 0 aliphatic carbocycles. The molecule has 0 saturated carbocycles. The highest BCUT2D eigenvalue weighted by atomic mass is 32.2. The second-order valence-electron chi connectivity index (χ2n) is 7.70. The summed E-state index contributed by atoms with van der Waals surface area (Å²) in [7, 11) is 0. The summed E-state index contributed by atoms with van der Waals surface area (Å²) < 4.78 is 0. The maximum atomic E-state index is 12.7. The summed E-state index contributed by atoms with van der Waals surface area (Å²) in [6, 6.07) is 27.1.